The van der Waals surface area contributed by atoms with E-state index in [2.05, 4.69) is 27.8 Å². The number of hydrogen-bond donors (Lipinski definition) is 2. The highest BCUT2D eigenvalue weighted by molar-refractivity contribution is 7.14. The largest absolute Gasteiger partial charge is 0.350 e. The SMILES string of the molecule is CC(=O)Nc1nc(C(=O)NCC2(c3ccccc3)CC2)cs1. The Hall–Kier alpha value is -2.21. The normalized spacial score (nSPS) is 15.1. The Morgan fingerprint density at radius 2 is 2.00 bits per heavy atom. The summed E-state index contributed by atoms with van der Waals surface area (Å²) in [5, 5.41) is 7.64. The van der Waals surface area contributed by atoms with Gasteiger partial charge in [-0.1, -0.05) is 30.3 Å². The Morgan fingerprint density at radius 3 is 2.64 bits per heavy atom. The molecule has 0 radical (unpaired) electrons. The second-order valence-electron chi connectivity index (χ2n) is 5.55. The predicted octanol–water partition coefficient (Wildman–Crippen LogP) is 2.56. The van der Waals surface area contributed by atoms with E-state index in [-0.39, 0.29) is 17.2 Å². The van der Waals surface area contributed by atoms with Gasteiger partial charge in [0.15, 0.2) is 5.13 Å². The molecule has 1 aromatic heterocycles. The van der Waals surface area contributed by atoms with Crippen LogP contribution in [0.25, 0.3) is 0 Å². The molecule has 0 saturated heterocycles. The number of thiazole rings is 1. The van der Waals surface area contributed by atoms with E-state index in [0.29, 0.717) is 17.4 Å². The number of amides is 2. The minimum Gasteiger partial charge on any atom is -0.350 e. The molecule has 0 spiro atoms. The van der Waals surface area contributed by atoms with Gasteiger partial charge in [-0.05, 0) is 18.4 Å². The molecule has 1 heterocycles. The smallest absolute Gasteiger partial charge is 0.270 e. The standard InChI is InChI=1S/C16H17N3O2S/c1-11(20)18-15-19-13(9-22-15)14(21)17-10-16(7-8-16)12-5-3-2-4-6-12/h2-6,9H,7-8,10H2,1H3,(H,17,21)(H,18,19,20). The van der Waals surface area contributed by atoms with Crippen LogP contribution in [0.2, 0.25) is 0 Å². The van der Waals surface area contributed by atoms with Gasteiger partial charge in [0, 0.05) is 24.3 Å². The monoisotopic (exact) mass is 315 g/mol. The number of rotatable bonds is 5. The van der Waals surface area contributed by atoms with Crippen LogP contribution in [0.1, 0.15) is 35.8 Å². The van der Waals surface area contributed by atoms with Gasteiger partial charge in [-0.2, -0.15) is 0 Å². The third-order valence-electron chi connectivity index (χ3n) is 3.85. The highest BCUT2D eigenvalue weighted by atomic mass is 32.1. The van der Waals surface area contributed by atoms with Crippen LogP contribution in [0.4, 0.5) is 5.13 Å². The first kappa shape index (κ1) is 14.7. The van der Waals surface area contributed by atoms with Crippen molar-refractivity contribution in [2.75, 3.05) is 11.9 Å². The number of aromatic nitrogens is 1. The van der Waals surface area contributed by atoms with Crippen LogP contribution in [0.5, 0.6) is 0 Å². The van der Waals surface area contributed by atoms with Crippen molar-refractivity contribution in [1.82, 2.24) is 10.3 Å². The van der Waals surface area contributed by atoms with E-state index in [1.807, 2.05) is 18.2 Å². The molecule has 0 bridgehead atoms. The van der Waals surface area contributed by atoms with Crippen LogP contribution >= 0.6 is 11.3 Å². The fourth-order valence-electron chi connectivity index (χ4n) is 2.44. The molecule has 2 amide bonds. The Balaban J connectivity index is 1.61. The lowest BCUT2D eigenvalue weighted by molar-refractivity contribution is -0.114. The van der Waals surface area contributed by atoms with Gasteiger partial charge in [0.05, 0.1) is 0 Å². The van der Waals surface area contributed by atoms with Gasteiger partial charge in [0.25, 0.3) is 5.91 Å². The lowest BCUT2D eigenvalue weighted by Gasteiger charge is -2.16. The first-order valence-electron chi connectivity index (χ1n) is 7.16. The van der Waals surface area contributed by atoms with E-state index in [4.69, 9.17) is 0 Å². The summed E-state index contributed by atoms with van der Waals surface area (Å²) in [5.41, 5.74) is 1.69. The van der Waals surface area contributed by atoms with Gasteiger partial charge in [-0.3, -0.25) is 9.59 Å². The maximum absolute atomic E-state index is 12.2. The molecule has 0 aliphatic heterocycles. The van der Waals surface area contributed by atoms with Crippen molar-refractivity contribution in [2.24, 2.45) is 0 Å². The molecule has 1 fully saturated rings. The quantitative estimate of drug-likeness (QED) is 0.891. The zero-order chi connectivity index (χ0) is 15.6. The number of nitrogens with one attached hydrogen (secondary N) is 2. The van der Waals surface area contributed by atoms with E-state index in [0.717, 1.165) is 12.8 Å². The Bertz CT molecular complexity index is 692. The second kappa shape index (κ2) is 5.88. The summed E-state index contributed by atoms with van der Waals surface area (Å²) in [6.07, 6.45) is 2.18. The van der Waals surface area contributed by atoms with Gasteiger partial charge in [0.1, 0.15) is 5.69 Å². The summed E-state index contributed by atoms with van der Waals surface area (Å²) in [4.78, 5) is 27.3. The number of nitrogens with zero attached hydrogens (tertiary/aromatic N) is 1. The van der Waals surface area contributed by atoms with Crippen molar-refractivity contribution in [3.05, 3.63) is 47.0 Å². The molecule has 2 aromatic rings. The van der Waals surface area contributed by atoms with E-state index < -0.39 is 0 Å². The van der Waals surface area contributed by atoms with Gasteiger partial charge >= 0.3 is 0 Å². The molecular weight excluding hydrogens is 298 g/mol. The molecule has 114 valence electrons. The minimum absolute atomic E-state index is 0.0768. The van der Waals surface area contributed by atoms with Gasteiger partial charge in [-0.15, -0.1) is 11.3 Å². The molecule has 0 atom stereocenters. The first-order valence-corrected chi connectivity index (χ1v) is 8.04. The maximum Gasteiger partial charge on any atom is 0.270 e. The summed E-state index contributed by atoms with van der Waals surface area (Å²) in [6, 6.07) is 10.3. The highest BCUT2D eigenvalue weighted by Crippen LogP contribution is 2.47. The number of hydrogen-bond acceptors (Lipinski definition) is 4. The zero-order valence-corrected chi connectivity index (χ0v) is 13.1. The Labute approximate surface area is 132 Å². The molecule has 3 rings (SSSR count). The van der Waals surface area contributed by atoms with E-state index in [1.54, 1.807) is 5.38 Å². The Morgan fingerprint density at radius 1 is 1.27 bits per heavy atom. The average Bonchev–Trinajstić information content (AvgIpc) is 3.17. The molecule has 0 unspecified atom stereocenters. The fourth-order valence-corrected chi connectivity index (χ4v) is 3.17. The molecule has 2 N–H and O–H groups in total. The average molecular weight is 315 g/mol. The van der Waals surface area contributed by atoms with Crippen LogP contribution in [0, 0.1) is 0 Å². The van der Waals surface area contributed by atoms with E-state index in [1.165, 1.54) is 23.8 Å². The van der Waals surface area contributed by atoms with Gasteiger partial charge < -0.3 is 10.6 Å². The number of carbonyl (C=O) groups excluding carboxylic acids is 2. The molecule has 1 saturated carbocycles. The Kier molecular flexibility index (Phi) is 3.94. The fraction of sp³-hybridized carbons (Fsp3) is 0.312. The third-order valence-corrected chi connectivity index (χ3v) is 4.60. The van der Waals surface area contributed by atoms with Crippen LogP contribution in [-0.2, 0) is 10.2 Å². The van der Waals surface area contributed by atoms with E-state index >= 15 is 0 Å². The van der Waals surface area contributed by atoms with Gasteiger partial charge in [-0.25, -0.2) is 4.98 Å². The van der Waals surface area contributed by atoms with Crippen molar-refractivity contribution >= 4 is 28.3 Å². The molecule has 22 heavy (non-hydrogen) atoms. The molecule has 1 aliphatic rings. The minimum atomic E-state index is -0.199. The first-order chi connectivity index (χ1) is 10.6. The maximum atomic E-state index is 12.2. The summed E-state index contributed by atoms with van der Waals surface area (Å²) < 4.78 is 0. The van der Waals surface area contributed by atoms with Gasteiger partial charge in [0.2, 0.25) is 5.91 Å². The number of carbonyl (C=O) groups is 2. The van der Waals surface area contributed by atoms with Crippen molar-refractivity contribution in [1.29, 1.82) is 0 Å². The van der Waals surface area contributed by atoms with Crippen LogP contribution < -0.4 is 10.6 Å². The summed E-state index contributed by atoms with van der Waals surface area (Å²) in [6.45, 7) is 2.03. The number of benzene rings is 1. The third kappa shape index (κ3) is 3.17. The van der Waals surface area contributed by atoms with Crippen molar-refractivity contribution < 1.29 is 9.59 Å². The van der Waals surface area contributed by atoms with Crippen LogP contribution in [0.3, 0.4) is 0 Å². The summed E-state index contributed by atoms with van der Waals surface area (Å²) in [7, 11) is 0. The molecule has 1 aliphatic carbocycles. The number of anilines is 1. The van der Waals surface area contributed by atoms with E-state index in [9.17, 15) is 9.59 Å². The molecule has 1 aromatic carbocycles. The predicted molar refractivity (Wildman–Crippen MR) is 86.1 cm³/mol. The lowest BCUT2D eigenvalue weighted by Crippen LogP contribution is -2.32. The summed E-state index contributed by atoms with van der Waals surface area (Å²) >= 11 is 1.25. The van der Waals surface area contributed by atoms with Crippen molar-refractivity contribution in [3.63, 3.8) is 0 Å². The van der Waals surface area contributed by atoms with Crippen molar-refractivity contribution in [3.8, 4) is 0 Å². The summed E-state index contributed by atoms with van der Waals surface area (Å²) in [5.74, 6) is -0.391. The molecule has 6 heteroatoms. The second-order valence-corrected chi connectivity index (χ2v) is 6.41. The van der Waals surface area contributed by atoms with Crippen LogP contribution in [0.15, 0.2) is 35.7 Å². The van der Waals surface area contributed by atoms with Crippen LogP contribution in [-0.4, -0.2) is 23.3 Å². The van der Waals surface area contributed by atoms with Crippen molar-refractivity contribution in [2.45, 2.75) is 25.2 Å². The topological polar surface area (TPSA) is 71.1 Å². The lowest BCUT2D eigenvalue weighted by atomic mass is 9.96. The molecule has 5 nitrogen and oxygen atoms in total. The zero-order valence-electron chi connectivity index (χ0n) is 12.3. The highest BCUT2D eigenvalue weighted by Gasteiger charge is 2.44. The molecular formula is C16H17N3O2S.